The van der Waals surface area contributed by atoms with Crippen LogP contribution in [-0.4, -0.2) is 15.5 Å². The first-order valence-electron chi connectivity index (χ1n) is 6.86. The fourth-order valence-corrected chi connectivity index (χ4v) is 3.22. The molecule has 0 unspecified atom stereocenters. The second kappa shape index (κ2) is 5.71. The Kier molecular flexibility index (Phi) is 3.78. The summed E-state index contributed by atoms with van der Waals surface area (Å²) in [6.07, 6.45) is 2.78. The van der Waals surface area contributed by atoms with Crippen molar-refractivity contribution in [3.8, 4) is 0 Å². The average Bonchev–Trinajstić information content (AvgIpc) is 2.89. The number of fused-ring (bicyclic) bond motifs is 1. The summed E-state index contributed by atoms with van der Waals surface area (Å²) in [5.41, 5.74) is 3.61. The van der Waals surface area contributed by atoms with Crippen LogP contribution in [0.5, 0.6) is 0 Å². The highest BCUT2D eigenvalue weighted by atomic mass is 32.1. The fraction of sp³-hybridized carbons (Fsp3) is 0.400. The topological polar surface area (TPSA) is 54.9 Å². The molecule has 1 aliphatic carbocycles. The van der Waals surface area contributed by atoms with Gasteiger partial charge in [0, 0.05) is 5.92 Å². The van der Waals surface area contributed by atoms with Crippen LogP contribution < -0.4 is 5.32 Å². The molecule has 1 aliphatic rings. The van der Waals surface area contributed by atoms with Gasteiger partial charge in [-0.05, 0) is 48.8 Å². The molecule has 1 N–H and O–H groups in total. The number of nitrogens with one attached hydrogen (secondary N) is 1. The molecule has 0 saturated carbocycles. The molecule has 0 spiro atoms. The zero-order valence-corrected chi connectivity index (χ0v) is 12.2. The van der Waals surface area contributed by atoms with Gasteiger partial charge < -0.3 is 5.32 Å². The van der Waals surface area contributed by atoms with E-state index in [1.54, 1.807) is 0 Å². The normalized spacial score (nSPS) is 17.6. The third-order valence-corrected chi connectivity index (χ3v) is 4.71. The molecule has 0 fully saturated rings. The summed E-state index contributed by atoms with van der Waals surface area (Å²) < 4.78 is 3.88. The van der Waals surface area contributed by atoms with Crippen molar-refractivity contribution in [2.75, 3.05) is 0 Å². The van der Waals surface area contributed by atoms with Crippen molar-refractivity contribution in [2.24, 2.45) is 5.92 Å². The molecule has 0 saturated heterocycles. The number of benzene rings is 1. The number of carbonyl (C=O) groups excluding carboxylic acids is 1. The van der Waals surface area contributed by atoms with Gasteiger partial charge in [0.2, 0.25) is 5.91 Å². The van der Waals surface area contributed by atoms with Crippen molar-refractivity contribution < 1.29 is 4.79 Å². The number of aryl methyl sites for hydroxylation is 2. The number of rotatable bonds is 3. The van der Waals surface area contributed by atoms with E-state index in [-0.39, 0.29) is 11.8 Å². The van der Waals surface area contributed by atoms with Gasteiger partial charge in [-0.2, -0.15) is 0 Å². The van der Waals surface area contributed by atoms with Gasteiger partial charge in [-0.1, -0.05) is 28.8 Å². The van der Waals surface area contributed by atoms with Crippen LogP contribution in [0.15, 0.2) is 24.3 Å². The monoisotopic (exact) mass is 287 g/mol. The Bertz CT molecular complexity index is 623. The third kappa shape index (κ3) is 2.72. The SMILES string of the molecule is Cc1nnsc1CNC(=O)[C@@H]1CCc2ccccc2C1. The van der Waals surface area contributed by atoms with Gasteiger partial charge in [-0.25, -0.2) is 0 Å². The first kappa shape index (κ1) is 13.2. The van der Waals surface area contributed by atoms with Gasteiger partial charge in [0.05, 0.1) is 17.1 Å². The highest BCUT2D eigenvalue weighted by molar-refractivity contribution is 7.05. The molecular weight excluding hydrogens is 270 g/mol. The Morgan fingerprint density at radius 1 is 1.40 bits per heavy atom. The molecule has 20 heavy (non-hydrogen) atoms. The summed E-state index contributed by atoms with van der Waals surface area (Å²) in [6, 6.07) is 8.41. The number of aromatic nitrogens is 2. The average molecular weight is 287 g/mol. The van der Waals surface area contributed by atoms with Crippen molar-refractivity contribution in [3.63, 3.8) is 0 Å². The molecule has 1 atom stereocenters. The van der Waals surface area contributed by atoms with E-state index in [2.05, 4.69) is 33.1 Å². The van der Waals surface area contributed by atoms with Gasteiger partial charge in [0.15, 0.2) is 0 Å². The number of hydrogen-bond donors (Lipinski definition) is 1. The summed E-state index contributed by atoms with van der Waals surface area (Å²) in [5.74, 6) is 0.235. The van der Waals surface area contributed by atoms with Gasteiger partial charge in [-0.15, -0.1) is 5.10 Å². The molecule has 1 aromatic carbocycles. The summed E-state index contributed by atoms with van der Waals surface area (Å²) in [7, 11) is 0. The highest BCUT2D eigenvalue weighted by Crippen LogP contribution is 2.25. The minimum atomic E-state index is 0.0890. The molecule has 104 valence electrons. The summed E-state index contributed by atoms with van der Waals surface area (Å²) in [6.45, 7) is 2.46. The maximum absolute atomic E-state index is 12.3. The molecule has 2 aromatic rings. The smallest absolute Gasteiger partial charge is 0.223 e. The third-order valence-electron chi connectivity index (χ3n) is 3.89. The maximum atomic E-state index is 12.3. The predicted octanol–water partition coefficient (Wildman–Crippen LogP) is 2.27. The van der Waals surface area contributed by atoms with E-state index < -0.39 is 0 Å². The summed E-state index contributed by atoms with van der Waals surface area (Å²) in [5, 5.41) is 6.97. The van der Waals surface area contributed by atoms with Crippen molar-refractivity contribution in [3.05, 3.63) is 46.0 Å². The predicted molar refractivity (Wildman–Crippen MR) is 78.4 cm³/mol. The van der Waals surface area contributed by atoms with Gasteiger partial charge in [-0.3, -0.25) is 4.79 Å². The number of nitrogens with zero attached hydrogens (tertiary/aromatic N) is 2. The Morgan fingerprint density at radius 3 is 2.95 bits per heavy atom. The Balaban J connectivity index is 1.60. The molecule has 3 rings (SSSR count). The van der Waals surface area contributed by atoms with Crippen LogP contribution in [-0.2, 0) is 24.2 Å². The molecule has 5 heteroatoms. The second-order valence-corrected chi connectivity index (χ2v) is 6.05. The lowest BCUT2D eigenvalue weighted by molar-refractivity contribution is -0.125. The Labute approximate surface area is 122 Å². The van der Waals surface area contributed by atoms with Crippen molar-refractivity contribution in [2.45, 2.75) is 32.7 Å². The van der Waals surface area contributed by atoms with Crippen LogP contribution in [0.25, 0.3) is 0 Å². The van der Waals surface area contributed by atoms with E-state index in [0.717, 1.165) is 29.8 Å². The minimum absolute atomic E-state index is 0.0890. The number of amides is 1. The van der Waals surface area contributed by atoms with Crippen LogP contribution in [0.4, 0.5) is 0 Å². The van der Waals surface area contributed by atoms with Crippen molar-refractivity contribution in [1.82, 2.24) is 14.9 Å². The van der Waals surface area contributed by atoms with E-state index in [1.807, 2.05) is 13.0 Å². The van der Waals surface area contributed by atoms with Crippen LogP contribution in [0.2, 0.25) is 0 Å². The lowest BCUT2D eigenvalue weighted by Crippen LogP contribution is -2.33. The van der Waals surface area contributed by atoms with Gasteiger partial charge >= 0.3 is 0 Å². The number of hydrogen-bond acceptors (Lipinski definition) is 4. The Morgan fingerprint density at radius 2 is 2.20 bits per heavy atom. The van der Waals surface area contributed by atoms with Crippen LogP contribution >= 0.6 is 11.5 Å². The standard InChI is InChI=1S/C15H17N3OS/c1-10-14(20-18-17-10)9-16-15(19)13-7-6-11-4-2-3-5-12(11)8-13/h2-5,13H,6-9H2,1H3,(H,16,19)/t13-/m1/s1. The molecule has 1 heterocycles. The zero-order chi connectivity index (χ0) is 13.9. The molecule has 1 amide bonds. The highest BCUT2D eigenvalue weighted by Gasteiger charge is 2.24. The Hall–Kier alpha value is -1.75. The summed E-state index contributed by atoms with van der Waals surface area (Å²) in [4.78, 5) is 13.3. The lowest BCUT2D eigenvalue weighted by atomic mass is 9.83. The second-order valence-electron chi connectivity index (χ2n) is 5.21. The van der Waals surface area contributed by atoms with Crippen LogP contribution in [0.1, 0.15) is 28.1 Å². The van der Waals surface area contributed by atoms with Crippen molar-refractivity contribution in [1.29, 1.82) is 0 Å². The van der Waals surface area contributed by atoms with E-state index in [9.17, 15) is 4.79 Å². The van der Waals surface area contributed by atoms with Gasteiger partial charge in [0.25, 0.3) is 0 Å². The molecule has 1 aromatic heterocycles. The zero-order valence-electron chi connectivity index (χ0n) is 11.4. The largest absolute Gasteiger partial charge is 0.351 e. The van der Waals surface area contributed by atoms with Crippen LogP contribution in [0.3, 0.4) is 0 Å². The number of carbonyl (C=O) groups is 1. The molecule has 0 radical (unpaired) electrons. The molecule has 4 nitrogen and oxygen atoms in total. The fourth-order valence-electron chi connectivity index (χ4n) is 2.65. The first-order valence-corrected chi connectivity index (χ1v) is 7.63. The quantitative estimate of drug-likeness (QED) is 0.942. The van der Waals surface area contributed by atoms with Crippen molar-refractivity contribution >= 4 is 17.4 Å². The maximum Gasteiger partial charge on any atom is 0.223 e. The molecule has 0 aliphatic heterocycles. The first-order chi connectivity index (χ1) is 9.74. The lowest BCUT2D eigenvalue weighted by Gasteiger charge is -2.23. The van der Waals surface area contributed by atoms with Crippen LogP contribution in [0, 0.1) is 12.8 Å². The molecular formula is C15H17N3OS. The van der Waals surface area contributed by atoms with E-state index in [0.29, 0.717) is 6.54 Å². The van der Waals surface area contributed by atoms with Gasteiger partial charge in [0.1, 0.15) is 0 Å². The van der Waals surface area contributed by atoms with E-state index in [4.69, 9.17) is 0 Å². The minimum Gasteiger partial charge on any atom is -0.351 e. The van der Waals surface area contributed by atoms with E-state index in [1.165, 1.54) is 22.7 Å². The molecule has 0 bridgehead atoms. The summed E-state index contributed by atoms with van der Waals surface area (Å²) >= 11 is 1.35. The van der Waals surface area contributed by atoms with E-state index >= 15 is 0 Å².